The molecule has 222 valence electrons. The summed E-state index contributed by atoms with van der Waals surface area (Å²) in [6.07, 6.45) is 4.24. The summed E-state index contributed by atoms with van der Waals surface area (Å²) in [5.41, 5.74) is 3.37. The number of pyridine rings is 1. The molecule has 0 aliphatic carbocycles. The third-order valence-corrected chi connectivity index (χ3v) is 7.45. The number of para-hydroxylation sites is 1. The number of carbonyl (C=O) groups excluding carboxylic acids is 1. The van der Waals surface area contributed by atoms with Gasteiger partial charge in [-0.3, -0.25) is 9.78 Å². The van der Waals surface area contributed by atoms with Crippen LogP contribution in [0.25, 0.3) is 11.1 Å². The van der Waals surface area contributed by atoms with Crippen LogP contribution in [0.4, 0.5) is 16.0 Å². The second kappa shape index (κ2) is 13.7. The minimum atomic E-state index is -1.12. The van der Waals surface area contributed by atoms with Crippen molar-refractivity contribution in [3.05, 3.63) is 96.3 Å². The molecule has 0 saturated carbocycles. The summed E-state index contributed by atoms with van der Waals surface area (Å²) in [6, 6.07) is 19.5. The molecule has 1 saturated heterocycles. The second-order valence-corrected chi connectivity index (χ2v) is 10.3. The number of carbonyl (C=O) groups is 2. The zero-order chi connectivity index (χ0) is 30.2. The Balaban J connectivity index is 1.22. The minimum absolute atomic E-state index is 0.0462. The molecule has 3 heterocycles. The van der Waals surface area contributed by atoms with Gasteiger partial charge in [0.1, 0.15) is 18.1 Å². The molecule has 0 bridgehead atoms. The van der Waals surface area contributed by atoms with Gasteiger partial charge in [-0.05, 0) is 42.2 Å². The van der Waals surface area contributed by atoms with Crippen LogP contribution >= 0.6 is 0 Å². The number of halogens is 1. The maximum absolute atomic E-state index is 15.4. The Morgan fingerprint density at radius 3 is 2.60 bits per heavy atom. The Bertz CT molecular complexity index is 1550. The van der Waals surface area contributed by atoms with Crippen LogP contribution in [0.3, 0.4) is 0 Å². The van der Waals surface area contributed by atoms with E-state index in [1.54, 1.807) is 24.3 Å². The van der Waals surface area contributed by atoms with Gasteiger partial charge in [0.25, 0.3) is 0 Å². The van der Waals surface area contributed by atoms with Crippen LogP contribution in [0.2, 0.25) is 0 Å². The van der Waals surface area contributed by atoms with Gasteiger partial charge in [0, 0.05) is 31.3 Å². The van der Waals surface area contributed by atoms with Crippen LogP contribution in [-0.2, 0) is 22.6 Å². The molecule has 10 nitrogen and oxygen atoms in total. The van der Waals surface area contributed by atoms with E-state index in [1.165, 1.54) is 6.33 Å². The molecule has 0 spiro atoms. The van der Waals surface area contributed by atoms with Gasteiger partial charge in [-0.15, -0.1) is 0 Å². The molecule has 1 fully saturated rings. The topological polar surface area (TPSA) is 130 Å². The van der Waals surface area contributed by atoms with Crippen molar-refractivity contribution in [3.63, 3.8) is 0 Å². The number of rotatable bonds is 11. The van der Waals surface area contributed by atoms with Crippen LogP contribution in [0.15, 0.2) is 79.3 Å². The van der Waals surface area contributed by atoms with Crippen LogP contribution in [0.1, 0.15) is 24.1 Å². The lowest BCUT2D eigenvalue weighted by atomic mass is 9.95. The first-order chi connectivity index (χ1) is 20.9. The lowest BCUT2D eigenvalue weighted by Gasteiger charge is -2.33. The molecule has 2 atom stereocenters. The van der Waals surface area contributed by atoms with Crippen molar-refractivity contribution in [2.24, 2.45) is 5.92 Å². The number of hydrogen-bond donors (Lipinski definition) is 3. The number of anilines is 2. The summed E-state index contributed by atoms with van der Waals surface area (Å²) in [5, 5.41) is 15.6. The average molecular weight is 585 g/mol. The number of piperidine rings is 1. The Hall–Kier alpha value is -5.06. The molecule has 3 N–H and O–H groups in total. The molecule has 0 radical (unpaired) electrons. The molecule has 1 aliphatic heterocycles. The molecule has 1 unspecified atom stereocenters. The summed E-state index contributed by atoms with van der Waals surface area (Å²) >= 11 is 0. The van der Waals surface area contributed by atoms with Crippen molar-refractivity contribution in [2.45, 2.75) is 31.8 Å². The molecular weight excluding hydrogens is 551 g/mol. The van der Waals surface area contributed by atoms with Crippen molar-refractivity contribution in [1.29, 1.82) is 0 Å². The van der Waals surface area contributed by atoms with Crippen molar-refractivity contribution in [1.82, 2.24) is 20.3 Å². The van der Waals surface area contributed by atoms with E-state index in [2.05, 4.69) is 25.6 Å². The van der Waals surface area contributed by atoms with Crippen molar-refractivity contribution in [2.75, 3.05) is 30.4 Å². The normalized spacial score (nSPS) is 15.4. The maximum Gasteiger partial charge on any atom is 0.326 e. The van der Waals surface area contributed by atoms with Gasteiger partial charge < -0.3 is 25.4 Å². The van der Waals surface area contributed by atoms with Crippen LogP contribution in [0, 0.1) is 11.7 Å². The monoisotopic (exact) mass is 584 g/mol. The Morgan fingerprint density at radius 1 is 1.07 bits per heavy atom. The van der Waals surface area contributed by atoms with Crippen molar-refractivity contribution in [3.8, 4) is 16.9 Å². The smallest absolute Gasteiger partial charge is 0.326 e. The predicted octanol–water partition coefficient (Wildman–Crippen LogP) is 4.33. The van der Waals surface area contributed by atoms with E-state index in [0.29, 0.717) is 25.9 Å². The number of benzene rings is 2. The summed E-state index contributed by atoms with van der Waals surface area (Å²) < 4.78 is 20.8. The predicted molar refractivity (Wildman–Crippen MR) is 160 cm³/mol. The number of aliphatic carboxylic acids is 1. The molecular formula is C32H33FN6O4. The van der Waals surface area contributed by atoms with Gasteiger partial charge in [0.05, 0.1) is 25.3 Å². The number of ether oxygens (including phenoxy) is 1. The summed E-state index contributed by atoms with van der Waals surface area (Å²) in [7, 11) is 1.61. The number of carboxylic acid groups (broad SMARTS) is 1. The third kappa shape index (κ3) is 7.24. The highest BCUT2D eigenvalue weighted by atomic mass is 19.1. The SMILES string of the molecule is COc1ccccc1-c1ccc(C[C@H](NC(=O)C2CCCN(c3ncnc(NCc4ccccn4)c3F)C2)C(=O)O)cc1. The number of nitrogens with one attached hydrogen (secondary N) is 2. The number of aromatic nitrogens is 3. The number of carboxylic acids is 1. The number of hydrogen-bond acceptors (Lipinski definition) is 8. The Morgan fingerprint density at radius 2 is 1.86 bits per heavy atom. The number of amides is 1. The highest BCUT2D eigenvalue weighted by Gasteiger charge is 2.31. The first-order valence-electron chi connectivity index (χ1n) is 14.1. The van der Waals surface area contributed by atoms with E-state index >= 15 is 4.39 Å². The molecule has 2 aromatic heterocycles. The second-order valence-electron chi connectivity index (χ2n) is 10.3. The third-order valence-electron chi connectivity index (χ3n) is 7.45. The Kier molecular flexibility index (Phi) is 9.40. The fourth-order valence-corrected chi connectivity index (χ4v) is 5.19. The summed E-state index contributed by atoms with van der Waals surface area (Å²) in [6.45, 7) is 1.01. The van der Waals surface area contributed by atoms with Crippen molar-refractivity contribution >= 4 is 23.5 Å². The Labute approximate surface area is 249 Å². The molecule has 5 rings (SSSR count). The first-order valence-corrected chi connectivity index (χ1v) is 14.1. The van der Waals surface area contributed by atoms with E-state index in [-0.39, 0.29) is 30.5 Å². The molecule has 2 aromatic carbocycles. The van der Waals surface area contributed by atoms with Gasteiger partial charge in [-0.2, -0.15) is 4.39 Å². The van der Waals surface area contributed by atoms with Gasteiger partial charge >= 0.3 is 5.97 Å². The maximum atomic E-state index is 15.4. The summed E-state index contributed by atoms with van der Waals surface area (Å²) in [5.74, 6) is -1.76. The number of nitrogens with zero attached hydrogens (tertiary/aromatic N) is 4. The van der Waals surface area contributed by atoms with Crippen molar-refractivity contribution < 1.29 is 23.8 Å². The molecule has 11 heteroatoms. The molecule has 4 aromatic rings. The lowest BCUT2D eigenvalue weighted by molar-refractivity contribution is -0.142. The van der Waals surface area contributed by atoms with E-state index in [1.807, 2.05) is 60.7 Å². The van der Waals surface area contributed by atoms with E-state index in [9.17, 15) is 14.7 Å². The summed E-state index contributed by atoms with van der Waals surface area (Å²) in [4.78, 5) is 39.5. The van der Waals surface area contributed by atoms with E-state index in [0.717, 1.165) is 28.1 Å². The highest BCUT2D eigenvalue weighted by molar-refractivity contribution is 5.85. The fraction of sp³-hybridized carbons (Fsp3) is 0.281. The molecule has 43 heavy (non-hydrogen) atoms. The van der Waals surface area contributed by atoms with Crippen LogP contribution in [0.5, 0.6) is 5.75 Å². The minimum Gasteiger partial charge on any atom is -0.496 e. The first kappa shape index (κ1) is 29.4. The van der Waals surface area contributed by atoms with E-state index in [4.69, 9.17) is 4.74 Å². The fourth-order valence-electron chi connectivity index (χ4n) is 5.19. The highest BCUT2D eigenvalue weighted by Crippen LogP contribution is 2.30. The largest absolute Gasteiger partial charge is 0.496 e. The molecule has 1 aliphatic rings. The van der Waals surface area contributed by atoms with Gasteiger partial charge in [-0.25, -0.2) is 14.8 Å². The van der Waals surface area contributed by atoms with Crippen LogP contribution in [-0.4, -0.2) is 58.2 Å². The lowest BCUT2D eigenvalue weighted by Crippen LogP contribution is -2.49. The van der Waals surface area contributed by atoms with Gasteiger partial charge in [0.2, 0.25) is 11.7 Å². The standard InChI is InChI=1S/C32H33FN6O4/c1-43-27-10-3-2-9-25(27)22-13-11-21(12-14-22)17-26(32(41)42)38-31(40)23-7-6-16-39(19-23)30-28(33)29(36-20-37-30)35-18-24-8-4-5-15-34-24/h2-5,8-15,20,23,26H,6-7,16-19H2,1H3,(H,38,40)(H,41,42)(H,35,36,37)/t23?,26-/m0/s1. The van der Waals surface area contributed by atoms with Gasteiger partial charge in [-0.1, -0.05) is 48.5 Å². The zero-order valence-electron chi connectivity index (χ0n) is 23.7. The average Bonchev–Trinajstić information content (AvgIpc) is 3.04. The molecule has 1 amide bonds. The zero-order valence-corrected chi connectivity index (χ0v) is 23.7. The quantitative estimate of drug-likeness (QED) is 0.236. The van der Waals surface area contributed by atoms with E-state index < -0.39 is 23.7 Å². The van der Waals surface area contributed by atoms with Crippen LogP contribution < -0.4 is 20.3 Å². The number of methoxy groups -OCH3 is 1. The van der Waals surface area contributed by atoms with Gasteiger partial charge in [0.15, 0.2) is 11.6 Å².